The summed E-state index contributed by atoms with van der Waals surface area (Å²) >= 11 is 0. The van der Waals surface area contributed by atoms with Crippen LogP contribution in [0.15, 0.2) is 73.2 Å². The molecule has 4 nitrogen and oxygen atoms in total. The van der Waals surface area contributed by atoms with Crippen molar-refractivity contribution in [2.45, 2.75) is 0 Å². The second kappa shape index (κ2) is 5.00. The number of nitrogens with zero attached hydrogens (tertiary/aromatic N) is 3. The Bertz CT molecular complexity index is 945. The number of benzene rings is 2. The van der Waals surface area contributed by atoms with E-state index in [1.54, 1.807) is 18.3 Å². The molecule has 2 aromatic carbocycles. The Morgan fingerprint density at radius 1 is 0.909 bits per heavy atom. The Balaban J connectivity index is 2.02. The van der Waals surface area contributed by atoms with E-state index in [-0.39, 0.29) is 5.75 Å². The highest BCUT2D eigenvalue weighted by molar-refractivity contribution is 5.80. The van der Waals surface area contributed by atoms with Gasteiger partial charge in [0.1, 0.15) is 11.4 Å². The van der Waals surface area contributed by atoms with Gasteiger partial charge in [-0.25, -0.2) is 9.97 Å². The van der Waals surface area contributed by atoms with Crippen LogP contribution in [0.2, 0.25) is 0 Å². The number of rotatable bonds is 2. The number of aromatic nitrogens is 3. The Morgan fingerprint density at radius 2 is 1.68 bits per heavy atom. The largest absolute Gasteiger partial charge is 0.507 e. The minimum Gasteiger partial charge on any atom is -0.507 e. The van der Waals surface area contributed by atoms with Crippen molar-refractivity contribution in [3.05, 3.63) is 73.2 Å². The van der Waals surface area contributed by atoms with Gasteiger partial charge in [-0.15, -0.1) is 0 Å². The lowest BCUT2D eigenvalue weighted by atomic mass is 10.1. The number of phenolic OH excluding ortho intramolecular Hbond substituents is 1. The van der Waals surface area contributed by atoms with Crippen LogP contribution in [0.1, 0.15) is 0 Å². The second-order valence-electron chi connectivity index (χ2n) is 5.02. The fourth-order valence-corrected chi connectivity index (χ4v) is 2.53. The maximum Gasteiger partial charge on any atom is 0.163 e. The smallest absolute Gasteiger partial charge is 0.163 e. The van der Waals surface area contributed by atoms with E-state index in [4.69, 9.17) is 4.98 Å². The molecule has 4 rings (SSSR count). The van der Waals surface area contributed by atoms with Gasteiger partial charge in [-0.05, 0) is 12.1 Å². The lowest BCUT2D eigenvalue weighted by Gasteiger charge is -2.09. The van der Waals surface area contributed by atoms with E-state index in [0.29, 0.717) is 11.3 Å². The summed E-state index contributed by atoms with van der Waals surface area (Å²) in [6.45, 7) is 0. The predicted molar refractivity (Wildman–Crippen MR) is 85.5 cm³/mol. The van der Waals surface area contributed by atoms with Crippen LogP contribution in [0.5, 0.6) is 5.75 Å². The number of para-hydroxylation sites is 1. The van der Waals surface area contributed by atoms with Crippen LogP contribution in [0.3, 0.4) is 0 Å². The minimum atomic E-state index is 0.199. The second-order valence-corrected chi connectivity index (χ2v) is 5.02. The topological polar surface area (TPSA) is 50.4 Å². The van der Waals surface area contributed by atoms with Gasteiger partial charge < -0.3 is 9.51 Å². The van der Waals surface area contributed by atoms with Crippen LogP contribution in [0.25, 0.3) is 28.2 Å². The standard InChI is InChI=1S/C18H13N3O/c22-16-9-5-4-8-14(16)17-18-19-10-11-21(18)12-15(20-17)13-6-2-1-3-7-13/h1-12,22H. The van der Waals surface area contributed by atoms with E-state index in [9.17, 15) is 5.11 Å². The zero-order chi connectivity index (χ0) is 14.9. The summed E-state index contributed by atoms with van der Waals surface area (Å²) in [5.74, 6) is 0.199. The molecule has 0 aliphatic rings. The van der Waals surface area contributed by atoms with Crippen LogP contribution in [0.4, 0.5) is 0 Å². The van der Waals surface area contributed by atoms with E-state index >= 15 is 0 Å². The number of imidazole rings is 1. The highest BCUT2D eigenvalue weighted by Gasteiger charge is 2.13. The molecule has 22 heavy (non-hydrogen) atoms. The van der Waals surface area contributed by atoms with Gasteiger partial charge in [-0.3, -0.25) is 0 Å². The van der Waals surface area contributed by atoms with Gasteiger partial charge in [0.15, 0.2) is 5.65 Å². The average molecular weight is 287 g/mol. The lowest BCUT2D eigenvalue weighted by molar-refractivity contribution is 0.477. The maximum atomic E-state index is 10.1. The molecule has 0 saturated heterocycles. The quantitative estimate of drug-likeness (QED) is 0.610. The summed E-state index contributed by atoms with van der Waals surface area (Å²) in [5.41, 5.74) is 3.93. The molecule has 1 N–H and O–H groups in total. The molecule has 2 aromatic heterocycles. The maximum absolute atomic E-state index is 10.1. The Hall–Kier alpha value is -3.14. The first-order valence-electron chi connectivity index (χ1n) is 7.00. The zero-order valence-corrected chi connectivity index (χ0v) is 11.7. The van der Waals surface area contributed by atoms with Gasteiger partial charge in [0.25, 0.3) is 0 Å². The van der Waals surface area contributed by atoms with Crippen molar-refractivity contribution in [1.29, 1.82) is 0 Å². The summed E-state index contributed by atoms with van der Waals surface area (Å²) in [7, 11) is 0. The first-order chi connectivity index (χ1) is 10.8. The molecule has 0 atom stereocenters. The van der Waals surface area contributed by atoms with Crippen molar-refractivity contribution in [3.8, 4) is 28.3 Å². The molecule has 0 aliphatic heterocycles. The van der Waals surface area contributed by atoms with Gasteiger partial charge in [0.2, 0.25) is 0 Å². The summed E-state index contributed by atoms with van der Waals surface area (Å²) in [6, 6.07) is 17.1. The summed E-state index contributed by atoms with van der Waals surface area (Å²) in [5, 5.41) is 10.1. The number of hydrogen-bond acceptors (Lipinski definition) is 3. The molecule has 0 bridgehead atoms. The third kappa shape index (κ3) is 2.02. The summed E-state index contributed by atoms with van der Waals surface area (Å²) in [6.07, 6.45) is 5.56. The highest BCUT2D eigenvalue weighted by atomic mass is 16.3. The lowest BCUT2D eigenvalue weighted by Crippen LogP contribution is -1.96. The number of fused-ring (bicyclic) bond motifs is 1. The first-order valence-corrected chi connectivity index (χ1v) is 7.00. The van der Waals surface area contributed by atoms with Crippen LogP contribution in [-0.2, 0) is 0 Å². The predicted octanol–water partition coefficient (Wildman–Crippen LogP) is 3.77. The first kappa shape index (κ1) is 12.6. The molecule has 0 radical (unpaired) electrons. The van der Waals surface area contributed by atoms with Gasteiger partial charge >= 0.3 is 0 Å². The molecule has 0 saturated carbocycles. The van der Waals surface area contributed by atoms with Crippen LogP contribution in [0, 0.1) is 0 Å². The van der Waals surface area contributed by atoms with Gasteiger partial charge in [-0.1, -0.05) is 42.5 Å². The fraction of sp³-hybridized carbons (Fsp3) is 0. The minimum absolute atomic E-state index is 0.199. The van der Waals surface area contributed by atoms with Crippen molar-refractivity contribution in [2.75, 3.05) is 0 Å². The molecule has 4 heteroatoms. The number of aromatic hydroxyl groups is 1. The molecule has 0 unspecified atom stereocenters. The monoisotopic (exact) mass is 287 g/mol. The van der Waals surface area contributed by atoms with Crippen molar-refractivity contribution >= 4 is 5.65 Å². The highest BCUT2D eigenvalue weighted by Crippen LogP contribution is 2.31. The van der Waals surface area contributed by atoms with Crippen molar-refractivity contribution in [1.82, 2.24) is 14.4 Å². The van der Waals surface area contributed by atoms with Gasteiger partial charge in [-0.2, -0.15) is 0 Å². The number of phenols is 1. The molecule has 0 amide bonds. The van der Waals surface area contributed by atoms with Crippen molar-refractivity contribution in [2.24, 2.45) is 0 Å². The van der Waals surface area contributed by atoms with E-state index in [2.05, 4.69) is 4.98 Å². The van der Waals surface area contributed by atoms with Crippen molar-refractivity contribution < 1.29 is 5.11 Å². The molecule has 2 heterocycles. The molecule has 0 aliphatic carbocycles. The molecule has 106 valence electrons. The zero-order valence-electron chi connectivity index (χ0n) is 11.7. The van der Waals surface area contributed by atoms with Crippen molar-refractivity contribution in [3.63, 3.8) is 0 Å². The number of hydrogen-bond donors (Lipinski definition) is 1. The molecular weight excluding hydrogens is 274 g/mol. The van der Waals surface area contributed by atoms with Crippen LogP contribution < -0.4 is 0 Å². The third-order valence-corrected chi connectivity index (χ3v) is 3.60. The SMILES string of the molecule is Oc1ccccc1-c1nc(-c2ccccc2)cn2ccnc12. The summed E-state index contributed by atoms with van der Waals surface area (Å²) < 4.78 is 1.93. The van der Waals surface area contributed by atoms with Crippen LogP contribution in [-0.4, -0.2) is 19.5 Å². The molecular formula is C18H13N3O. The van der Waals surface area contributed by atoms with E-state index in [1.807, 2.05) is 59.3 Å². The molecule has 4 aromatic rings. The summed E-state index contributed by atoms with van der Waals surface area (Å²) in [4.78, 5) is 9.09. The van der Waals surface area contributed by atoms with E-state index in [0.717, 1.165) is 16.9 Å². The average Bonchev–Trinajstić information content (AvgIpc) is 3.04. The fourth-order valence-electron chi connectivity index (χ4n) is 2.53. The Kier molecular flexibility index (Phi) is 2.86. The molecule has 0 fully saturated rings. The third-order valence-electron chi connectivity index (χ3n) is 3.60. The van der Waals surface area contributed by atoms with Gasteiger partial charge in [0.05, 0.1) is 5.69 Å². The van der Waals surface area contributed by atoms with Gasteiger partial charge in [0, 0.05) is 29.7 Å². The molecule has 0 spiro atoms. The normalized spacial score (nSPS) is 10.9. The Morgan fingerprint density at radius 3 is 2.50 bits per heavy atom. The van der Waals surface area contributed by atoms with E-state index in [1.165, 1.54) is 0 Å². The van der Waals surface area contributed by atoms with Crippen LogP contribution >= 0.6 is 0 Å². The van der Waals surface area contributed by atoms with E-state index < -0.39 is 0 Å². The Labute approximate surface area is 127 Å².